The zero-order valence-corrected chi connectivity index (χ0v) is 17.7. The summed E-state index contributed by atoms with van der Waals surface area (Å²) in [6.45, 7) is 5.32. The van der Waals surface area contributed by atoms with Crippen molar-refractivity contribution in [3.05, 3.63) is 29.3 Å². The monoisotopic (exact) mass is 415 g/mol. The van der Waals surface area contributed by atoms with Crippen molar-refractivity contribution in [2.75, 3.05) is 19.6 Å². The fraction of sp³-hybridized carbons (Fsp3) is 0.632. The molecule has 1 fully saturated rings. The largest absolute Gasteiger partial charge is 0.342 e. The molecule has 0 spiro atoms. The van der Waals surface area contributed by atoms with Gasteiger partial charge in [-0.3, -0.25) is 4.79 Å². The summed E-state index contributed by atoms with van der Waals surface area (Å²) in [7, 11) is -3.56. The van der Waals surface area contributed by atoms with Crippen molar-refractivity contribution >= 4 is 28.3 Å². The van der Waals surface area contributed by atoms with Crippen LogP contribution in [0.3, 0.4) is 0 Å². The molecule has 27 heavy (non-hydrogen) atoms. The minimum atomic E-state index is -3.56. The van der Waals surface area contributed by atoms with E-state index in [1.807, 2.05) is 17.9 Å². The van der Waals surface area contributed by atoms with Crippen molar-refractivity contribution in [2.24, 2.45) is 5.73 Å². The third-order valence-electron chi connectivity index (χ3n) is 5.64. The topological polar surface area (TPSA) is 83.7 Å². The summed E-state index contributed by atoms with van der Waals surface area (Å²) in [5.74, 6) is 0.0683. The summed E-state index contributed by atoms with van der Waals surface area (Å²) in [5.41, 5.74) is 8.23. The highest BCUT2D eigenvalue weighted by atomic mass is 35.5. The van der Waals surface area contributed by atoms with E-state index >= 15 is 0 Å². The number of sulfonamides is 1. The first-order chi connectivity index (χ1) is 12.3. The Kier molecular flexibility index (Phi) is 7.30. The molecule has 0 bridgehead atoms. The second-order valence-electron chi connectivity index (χ2n) is 7.47. The predicted octanol–water partition coefficient (Wildman–Crippen LogP) is 1.95. The lowest BCUT2D eigenvalue weighted by atomic mass is 10.00. The van der Waals surface area contributed by atoms with Gasteiger partial charge in [-0.1, -0.05) is 12.5 Å². The first kappa shape index (κ1) is 22.1. The lowest BCUT2D eigenvalue weighted by molar-refractivity contribution is -0.128. The average Bonchev–Trinajstić information content (AvgIpc) is 2.83. The molecule has 2 heterocycles. The number of hydrogen-bond acceptors (Lipinski definition) is 4. The van der Waals surface area contributed by atoms with E-state index < -0.39 is 10.0 Å². The molecule has 1 saturated heterocycles. The van der Waals surface area contributed by atoms with Crippen molar-refractivity contribution < 1.29 is 13.2 Å². The number of carbonyl (C=O) groups is 1. The molecule has 6 nitrogen and oxygen atoms in total. The van der Waals surface area contributed by atoms with Crippen LogP contribution in [0.2, 0.25) is 0 Å². The van der Waals surface area contributed by atoms with E-state index in [0.29, 0.717) is 31.0 Å². The molecule has 1 amide bonds. The SMILES string of the molecule is CC(=O)N1CCc2ccc(S(=O)(=O)N3CCCCC3C(C)N)cc2CC1.Cl. The number of fused-ring (bicyclic) bond motifs is 1. The number of halogens is 1. The third kappa shape index (κ3) is 4.65. The van der Waals surface area contributed by atoms with Crippen LogP contribution in [0, 0.1) is 0 Å². The Morgan fingerprint density at radius 3 is 2.44 bits per heavy atom. The van der Waals surface area contributed by atoms with E-state index in [4.69, 9.17) is 5.73 Å². The molecule has 3 rings (SSSR count). The van der Waals surface area contributed by atoms with Crippen LogP contribution in [-0.2, 0) is 27.7 Å². The fourth-order valence-corrected chi connectivity index (χ4v) is 5.89. The molecular weight excluding hydrogens is 386 g/mol. The van der Waals surface area contributed by atoms with Gasteiger partial charge in [0.1, 0.15) is 0 Å². The number of hydrogen-bond donors (Lipinski definition) is 1. The van der Waals surface area contributed by atoms with Gasteiger partial charge in [0.25, 0.3) is 0 Å². The molecule has 0 radical (unpaired) electrons. The maximum absolute atomic E-state index is 13.3. The van der Waals surface area contributed by atoms with Crippen LogP contribution in [0.5, 0.6) is 0 Å². The number of nitrogens with zero attached hydrogens (tertiary/aromatic N) is 2. The summed E-state index contributed by atoms with van der Waals surface area (Å²) in [6, 6.07) is 5.11. The lowest BCUT2D eigenvalue weighted by Gasteiger charge is -2.37. The molecule has 2 aliphatic heterocycles. The highest BCUT2D eigenvalue weighted by molar-refractivity contribution is 7.89. The quantitative estimate of drug-likeness (QED) is 0.817. The molecule has 2 unspecified atom stereocenters. The van der Waals surface area contributed by atoms with Crippen LogP contribution < -0.4 is 5.73 Å². The molecular formula is C19H30ClN3O3S. The van der Waals surface area contributed by atoms with Crippen LogP contribution in [-0.4, -0.2) is 55.2 Å². The second kappa shape index (κ2) is 8.90. The highest BCUT2D eigenvalue weighted by Crippen LogP contribution is 2.28. The molecule has 2 aliphatic rings. The van der Waals surface area contributed by atoms with E-state index in [-0.39, 0.29) is 30.4 Å². The average molecular weight is 416 g/mol. The number of carbonyl (C=O) groups excluding carboxylic acids is 1. The van der Waals surface area contributed by atoms with Crippen molar-refractivity contribution in [1.82, 2.24) is 9.21 Å². The second-order valence-corrected chi connectivity index (χ2v) is 9.37. The smallest absolute Gasteiger partial charge is 0.243 e. The molecule has 2 N–H and O–H groups in total. The first-order valence-corrected chi connectivity index (χ1v) is 10.9. The number of nitrogens with two attached hydrogens (primary N) is 1. The normalized spacial score (nSPS) is 22.3. The van der Waals surface area contributed by atoms with Crippen molar-refractivity contribution in [2.45, 2.75) is 62.9 Å². The minimum Gasteiger partial charge on any atom is -0.342 e. The van der Waals surface area contributed by atoms with E-state index in [1.54, 1.807) is 23.4 Å². The first-order valence-electron chi connectivity index (χ1n) is 9.45. The number of piperidine rings is 1. The van der Waals surface area contributed by atoms with Gasteiger partial charge in [0, 0.05) is 38.6 Å². The zero-order valence-electron chi connectivity index (χ0n) is 16.1. The molecule has 0 saturated carbocycles. The molecule has 1 aromatic carbocycles. The highest BCUT2D eigenvalue weighted by Gasteiger charge is 2.35. The Balaban J connectivity index is 0.00000261. The van der Waals surface area contributed by atoms with Crippen LogP contribution in [0.15, 0.2) is 23.1 Å². The Labute approximate surface area is 168 Å². The van der Waals surface area contributed by atoms with Crippen LogP contribution in [0.1, 0.15) is 44.2 Å². The van der Waals surface area contributed by atoms with Gasteiger partial charge >= 0.3 is 0 Å². The number of amides is 1. The van der Waals surface area contributed by atoms with Gasteiger partial charge in [0.2, 0.25) is 15.9 Å². The van der Waals surface area contributed by atoms with Crippen molar-refractivity contribution in [3.63, 3.8) is 0 Å². The molecule has 0 aliphatic carbocycles. The van der Waals surface area contributed by atoms with Gasteiger partial charge < -0.3 is 10.6 Å². The lowest BCUT2D eigenvalue weighted by Crippen LogP contribution is -2.51. The number of rotatable bonds is 3. The maximum atomic E-state index is 13.3. The standard InChI is InChI=1S/C19H29N3O3S.ClH/c1-14(20)19-5-3-4-10-22(19)26(24,25)18-7-6-16-8-11-21(15(2)23)12-9-17(16)13-18;/h6-7,13-14,19H,3-5,8-12,20H2,1-2H3;1H. The molecule has 1 aromatic rings. The predicted molar refractivity (Wildman–Crippen MR) is 109 cm³/mol. The maximum Gasteiger partial charge on any atom is 0.243 e. The summed E-state index contributed by atoms with van der Waals surface area (Å²) in [4.78, 5) is 13.8. The summed E-state index contributed by atoms with van der Waals surface area (Å²) in [6.07, 6.45) is 4.16. The summed E-state index contributed by atoms with van der Waals surface area (Å²) in [5, 5.41) is 0. The Hall–Kier alpha value is -1.15. The van der Waals surface area contributed by atoms with Crippen molar-refractivity contribution in [1.29, 1.82) is 0 Å². The van der Waals surface area contributed by atoms with E-state index in [2.05, 4.69) is 0 Å². The summed E-state index contributed by atoms with van der Waals surface area (Å²) < 4.78 is 28.1. The number of benzene rings is 1. The van der Waals surface area contributed by atoms with Crippen LogP contribution in [0.25, 0.3) is 0 Å². The zero-order chi connectivity index (χ0) is 18.9. The van der Waals surface area contributed by atoms with E-state index in [9.17, 15) is 13.2 Å². The molecule has 8 heteroatoms. The van der Waals surface area contributed by atoms with Crippen LogP contribution >= 0.6 is 12.4 Å². The van der Waals surface area contributed by atoms with Gasteiger partial charge in [0.05, 0.1) is 4.90 Å². The Morgan fingerprint density at radius 2 is 1.81 bits per heavy atom. The van der Waals surface area contributed by atoms with E-state index in [1.165, 1.54) is 0 Å². The van der Waals surface area contributed by atoms with Gasteiger partial charge in [-0.05, 0) is 55.9 Å². The van der Waals surface area contributed by atoms with Crippen LogP contribution in [0.4, 0.5) is 0 Å². The van der Waals surface area contributed by atoms with Gasteiger partial charge in [0.15, 0.2) is 0 Å². The molecule has 152 valence electrons. The Bertz CT molecular complexity index is 782. The van der Waals surface area contributed by atoms with Gasteiger partial charge in [-0.15, -0.1) is 12.4 Å². The minimum absolute atomic E-state index is 0. The van der Waals surface area contributed by atoms with Gasteiger partial charge in [-0.25, -0.2) is 8.42 Å². The summed E-state index contributed by atoms with van der Waals surface area (Å²) >= 11 is 0. The molecule has 2 atom stereocenters. The van der Waals surface area contributed by atoms with E-state index in [0.717, 1.165) is 36.8 Å². The third-order valence-corrected chi connectivity index (χ3v) is 7.56. The van der Waals surface area contributed by atoms with Crippen molar-refractivity contribution in [3.8, 4) is 0 Å². The Morgan fingerprint density at radius 1 is 1.15 bits per heavy atom. The fourth-order valence-electron chi connectivity index (χ4n) is 4.07. The van der Waals surface area contributed by atoms with Gasteiger partial charge in [-0.2, -0.15) is 4.31 Å². The molecule has 0 aromatic heterocycles.